The molecule has 1 N–H and O–H groups in total. The highest BCUT2D eigenvalue weighted by atomic mass is 35.5. The summed E-state index contributed by atoms with van der Waals surface area (Å²) in [5, 5.41) is 3.40. The van der Waals surface area contributed by atoms with Crippen molar-refractivity contribution in [3.8, 4) is 0 Å². The Kier molecular flexibility index (Phi) is 8.30. The first kappa shape index (κ1) is 16.5. The molecule has 1 aromatic rings. The van der Waals surface area contributed by atoms with E-state index in [1.165, 1.54) is 0 Å². The minimum absolute atomic E-state index is 0. The molecule has 0 radical (unpaired) electrons. The molecule has 0 spiro atoms. The molecule has 0 fully saturated rings. The van der Waals surface area contributed by atoms with Gasteiger partial charge in [-0.25, -0.2) is 0 Å². The number of nitrogens with one attached hydrogen (secondary N) is 1. The molecular weight excluding hydrogens is 236 g/mol. The largest absolute Gasteiger partial charge is 0.465 e. The number of likely N-dealkylation sites (N-methyl/N-ethyl adjacent to an activating group) is 1. The fraction of sp³-hybridized carbons (Fsp3) is 0.692. The van der Waals surface area contributed by atoms with Crippen molar-refractivity contribution in [1.29, 1.82) is 0 Å². The summed E-state index contributed by atoms with van der Waals surface area (Å²) in [4.78, 5) is 2.44. The van der Waals surface area contributed by atoms with Gasteiger partial charge < -0.3 is 9.73 Å². The Balaban J connectivity index is 0.00000256. The molecule has 0 bridgehead atoms. The highest BCUT2D eigenvalue weighted by Crippen LogP contribution is 2.05. The Hall–Kier alpha value is -0.510. The van der Waals surface area contributed by atoms with Gasteiger partial charge in [-0.3, -0.25) is 4.90 Å². The van der Waals surface area contributed by atoms with E-state index >= 15 is 0 Å². The van der Waals surface area contributed by atoms with Crippen molar-refractivity contribution < 1.29 is 4.42 Å². The number of hydrogen-bond donors (Lipinski definition) is 1. The van der Waals surface area contributed by atoms with Gasteiger partial charge in [-0.05, 0) is 39.4 Å². The van der Waals surface area contributed by atoms with E-state index in [0.717, 1.165) is 37.7 Å². The van der Waals surface area contributed by atoms with Gasteiger partial charge in [0.15, 0.2) is 0 Å². The molecule has 0 unspecified atom stereocenters. The van der Waals surface area contributed by atoms with Crippen LogP contribution in [0.5, 0.6) is 0 Å². The van der Waals surface area contributed by atoms with Gasteiger partial charge in [-0.1, -0.05) is 6.92 Å². The molecule has 0 aliphatic rings. The lowest BCUT2D eigenvalue weighted by Crippen LogP contribution is -2.36. The van der Waals surface area contributed by atoms with Crippen molar-refractivity contribution in [3.63, 3.8) is 0 Å². The SMILES string of the molecule is CCN(CCNCc1ccc(C)o1)C(C)C.Cl. The minimum Gasteiger partial charge on any atom is -0.465 e. The number of halogens is 1. The molecular formula is C13H25ClN2O. The van der Waals surface area contributed by atoms with E-state index in [2.05, 4.69) is 31.0 Å². The van der Waals surface area contributed by atoms with Gasteiger partial charge in [0.25, 0.3) is 0 Å². The zero-order valence-corrected chi connectivity index (χ0v) is 12.1. The van der Waals surface area contributed by atoms with Crippen molar-refractivity contribution in [2.45, 2.75) is 40.3 Å². The van der Waals surface area contributed by atoms with Crippen LogP contribution in [0.1, 0.15) is 32.3 Å². The standard InChI is InChI=1S/C13H24N2O.ClH/c1-5-15(11(2)3)9-8-14-10-13-7-6-12(4)16-13;/h6-7,11,14H,5,8-10H2,1-4H3;1H. The number of hydrogen-bond acceptors (Lipinski definition) is 3. The summed E-state index contributed by atoms with van der Waals surface area (Å²) in [6, 6.07) is 4.66. The van der Waals surface area contributed by atoms with Crippen LogP contribution in [0.25, 0.3) is 0 Å². The molecule has 1 rings (SSSR count). The second kappa shape index (κ2) is 8.56. The fourth-order valence-corrected chi connectivity index (χ4v) is 1.80. The highest BCUT2D eigenvalue weighted by molar-refractivity contribution is 5.85. The van der Waals surface area contributed by atoms with E-state index in [0.29, 0.717) is 6.04 Å². The quantitative estimate of drug-likeness (QED) is 0.765. The summed E-state index contributed by atoms with van der Waals surface area (Å²) >= 11 is 0. The summed E-state index contributed by atoms with van der Waals surface area (Å²) < 4.78 is 5.49. The first-order chi connectivity index (χ1) is 7.63. The van der Waals surface area contributed by atoms with Gasteiger partial charge in [-0.2, -0.15) is 0 Å². The number of nitrogens with zero attached hydrogens (tertiary/aromatic N) is 1. The molecule has 17 heavy (non-hydrogen) atoms. The third kappa shape index (κ3) is 6.10. The van der Waals surface area contributed by atoms with Crippen LogP contribution in [0.3, 0.4) is 0 Å². The molecule has 0 aromatic carbocycles. The van der Waals surface area contributed by atoms with Gasteiger partial charge in [0.05, 0.1) is 6.54 Å². The molecule has 0 atom stereocenters. The third-order valence-electron chi connectivity index (χ3n) is 2.81. The zero-order valence-electron chi connectivity index (χ0n) is 11.3. The van der Waals surface area contributed by atoms with Crippen LogP contribution in [-0.2, 0) is 6.54 Å². The van der Waals surface area contributed by atoms with Crippen molar-refractivity contribution in [2.24, 2.45) is 0 Å². The summed E-state index contributed by atoms with van der Waals surface area (Å²) in [7, 11) is 0. The Bertz CT molecular complexity index is 299. The maximum atomic E-state index is 5.49. The van der Waals surface area contributed by atoms with Gasteiger partial charge in [0.2, 0.25) is 0 Å². The Morgan fingerprint density at radius 2 is 2.06 bits per heavy atom. The zero-order chi connectivity index (χ0) is 12.0. The van der Waals surface area contributed by atoms with Gasteiger partial charge in [0.1, 0.15) is 11.5 Å². The Labute approximate surface area is 111 Å². The predicted molar refractivity (Wildman–Crippen MR) is 74.8 cm³/mol. The molecule has 0 saturated carbocycles. The number of rotatable bonds is 7. The van der Waals surface area contributed by atoms with E-state index in [-0.39, 0.29) is 12.4 Å². The van der Waals surface area contributed by atoms with Crippen LogP contribution in [0.4, 0.5) is 0 Å². The smallest absolute Gasteiger partial charge is 0.117 e. The lowest BCUT2D eigenvalue weighted by molar-refractivity contribution is 0.233. The minimum atomic E-state index is 0. The second-order valence-electron chi connectivity index (χ2n) is 4.41. The van der Waals surface area contributed by atoms with Crippen molar-refractivity contribution in [3.05, 3.63) is 23.7 Å². The molecule has 0 amide bonds. The number of furan rings is 1. The molecule has 3 nitrogen and oxygen atoms in total. The topological polar surface area (TPSA) is 28.4 Å². The second-order valence-corrected chi connectivity index (χ2v) is 4.41. The summed E-state index contributed by atoms with van der Waals surface area (Å²) in [6.45, 7) is 12.7. The van der Waals surface area contributed by atoms with Crippen LogP contribution in [0.2, 0.25) is 0 Å². The van der Waals surface area contributed by atoms with Gasteiger partial charge >= 0.3 is 0 Å². The molecule has 4 heteroatoms. The Morgan fingerprint density at radius 3 is 2.53 bits per heavy atom. The molecule has 1 heterocycles. The molecule has 100 valence electrons. The monoisotopic (exact) mass is 260 g/mol. The first-order valence-corrected chi connectivity index (χ1v) is 6.13. The molecule has 0 aliphatic carbocycles. The maximum Gasteiger partial charge on any atom is 0.117 e. The van der Waals surface area contributed by atoms with Gasteiger partial charge in [-0.15, -0.1) is 12.4 Å². The van der Waals surface area contributed by atoms with Gasteiger partial charge in [0, 0.05) is 19.1 Å². The summed E-state index contributed by atoms with van der Waals surface area (Å²) in [6.07, 6.45) is 0. The lowest BCUT2D eigenvalue weighted by Gasteiger charge is -2.24. The van der Waals surface area contributed by atoms with Crippen molar-refractivity contribution in [1.82, 2.24) is 10.2 Å². The normalized spacial score (nSPS) is 10.9. The average Bonchev–Trinajstić information content (AvgIpc) is 2.64. The van der Waals surface area contributed by atoms with E-state index in [1.807, 2.05) is 19.1 Å². The maximum absolute atomic E-state index is 5.49. The van der Waals surface area contributed by atoms with Crippen LogP contribution >= 0.6 is 12.4 Å². The van der Waals surface area contributed by atoms with Crippen LogP contribution in [-0.4, -0.2) is 30.6 Å². The van der Waals surface area contributed by atoms with Crippen LogP contribution in [0.15, 0.2) is 16.5 Å². The summed E-state index contributed by atoms with van der Waals surface area (Å²) in [5.74, 6) is 2.00. The first-order valence-electron chi connectivity index (χ1n) is 6.13. The molecule has 0 aliphatic heterocycles. The van der Waals surface area contributed by atoms with E-state index < -0.39 is 0 Å². The third-order valence-corrected chi connectivity index (χ3v) is 2.81. The highest BCUT2D eigenvalue weighted by Gasteiger charge is 2.05. The molecule has 0 saturated heterocycles. The van der Waals surface area contributed by atoms with E-state index in [1.54, 1.807) is 0 Å². The van der Waals surface area contributed by atoms with Crippen LogP contribution < -0.4 is 5.32 Å². The van der Waals surface area contributed by atoms with Crippen molar-refractivity contribution in [2.75, 3.05) is 19.6 Å². The van der Waals surface area contributed by atoms with Crippen LogP contribution in [0, 0.1) is 6.92 Å². The number of aryl methyl sites for hydroxylation is 1. The molecule has 1 aromatic heterocycles. The Morgan fingerprint density at radius 1 is 1.35 bits per heavy atom. The van der Waals surface area contributed by atoms with E-state index in [9.17, 15) is 0 Å². The fourth-order valence-electron chi connectivity index (χ4n) is 1.80. The summed E-state index contributed by atoms with van der Waals surface area (Å²) in [5.41, 5.74) is 0. The lowest BCUT2D eigenvalue weighted by atomic mass is 10.3. The predicted octanol–water partition coefficient (Wildman–Crippen LogP) is 2.83. The van der Waals surface area contributed by atoms with E-state index in [4.69, 9.17) is 4.42 Å². The average molecular weight is 261 g/mol. The van der Waals surface area contributed by atoms with Crippen molar-refractivity contribution >= 4 is 12.4 Å².